The van der Waals surface area contributed by atoms with Gasteiger partial charge < -0.3 is 15.0 Å². The van der Waals surface area contributed by atoms with Crippen LogP contribution in [-0.4, -0.2) is 62.7 Å². The third-order valence-corrected chi connectivity index (χ3v) is 4.09. The van der Waals surface area contributed by atoms with Gasteiger partial charge in [-0.25, -0.2) is 4.39 Å². The van der Waals surface area contributed by atoms with E-state index < -0.39 is 0 Å². The van der Waals surface area contributed by atoms with Crippen molar-refractivity contribution in [3.8, 4) is 5.75 Å². The SMILES string of the molecule is CCN1CCN(CCNCc2cc(OC)ccc2F)CC1. The van der Waals surface area contributed by atoms with Crippen molar-refractivity contribution < 1.29 is 9.13 Å². The topological polar surface area (TPSA) is 27.7 Å². The van der Waals surface area contributed by atoms with E-state index in [-0.39, 0.29) is 5.82 Å². The fraction of sp³-hybridized carbons (Fsp3) is 0.625. The number of ether oxygens (including phenoxy) is 1. The molecule has 1 fully saturated rings. The van der Waals surface area contributed by atoms with Gasteiger partial charge in [-0.2, -0.15) is 0 Å². The van der Waals surface area contributed by atoms with Crippen molar-refractivity contribution in [2.24, 2.45) is 0 Å². The number of benzene rings is 1. The molecule has 0 spiro atoms. The number of piperazine rings is 1. The summed E-state index contributed by atoms with van der Waals surface area (Å²) < 4.78 is 18.8. The van der Waals surface area contributed by atoms with E-state index in [1.165, 1.54) is 6.07 Å². The molecule has 0 aromatic heterocycles. The highest BCUT2D eigenvalue weighted by molar-refractivity contribution is 5.29. The maximum absolute atomic E-state index is 13.7. The van der Waals surface area contributed by atoms with Crippen LogP contribution in [0.4, 0.5) is 4.39 Å². The summed E-state index contributed by atoms with van der Waals surface area (Å²) in [4.78, 5) is 4.93. The van der Waals surface area contributed by atoms with Crippen LogP contribution in [0.15, 0.2) is 18.2 Å². The van der Waals surface area contributed by atoms with Gasteiger partial charge in [0.1, 0.15) is 11.6 Å². The fourth-order valence-corrected chi connectivity index (χ4v) is 2.60. The van der Waals surface area contributed by atoms with Gasteiger partial charge in [0.15, 0.2) is 0 Å². The van der Waals surface area contributed by atoms with Crippen molar-refractivity contribution in [1.29, 1.82) is 0 Å². The minimum atomic E-state index is -0.181. The lowest BCUT2D eigenvalue weighted by Gasteiger charge is -2.34. The van der Waals surface area contributed by atoms with Gasteiger partial charge in [-0.1, -0.05) is 6.92 Å². The molecular formula is C16H26FN3O. The first-order valence-electron chi connectivity index (χ1n) is 7.70. The highest BCUT2D eigenvalue weighted by atomic mass is 19.1. The van der Waals surface area contributed by atoms with Crippen LogP contribution in [0.1, 0.15) is 12.5 Å². The number of methoxy groups -OCH3 is 1. The van der Waals surface area contributed by atoms with Crippen LogP contribution in [0.3, 0.4) is 0 Å². The molecule has 1 heterocycles. The maximum atomic E-state index is 13.7. The molecule has 5 heteroatoms. The second kappa shape index (κ2) is 8.32. The van der Waals surface area contributed by atoms with Gasteiger partial charge in [0.2, 0.25) is 0 Å². The summed E-state index contributed by atoms with van der Waals surface area (Å²) in [5.74, 6) is 0.517. The summed E-state index contributed by atoms with van der Waals surface area (Å²) >= 11 is 0. The summed E-state index contributed by atoms with van der Waals surface area (Å²) in [6.45, 7) is 10.3. The van der Waals surface area contributed by atoms with E-state index in [1.54, 1.807) is 19.2 Å². The van der Waals surface area contributed by atoms with Gasteiger partial charge >= 0.3 is 0 Å². The Balaban J connectivity index is 1.68. The summed E-state index contributed by atoms with van der Waals surface area (Å²) in [6, 6.07) is 4.86. The summed E-state index contributed by atoms with van der Waals surface area (Å²) in [5.41, 5.74) is 0.658. The number of nitrogens with one attached hydrogen (secondary N) is 1. The minimum Gasteiger partial charge on any atom is -0.497 e. The molecule has 1 aromatic rings. The molecule has 118 valence electrons. The zero-order chi connectivity index (χ0) is 15.1. The standard InChI is InChI=1S/C16H26FN3O/c1-3-19-8-10-20(11-9-19)7-6-18-13-14-12-15(21-2)4-5-16(14)17/h4-5,12,18H,3,6-11,13H2,1-2H3. The lowest BCUT2D eigenvalue weighted by molar-refractivity contribution is 0.138. The molecule has 0 radical (unpaired) electrons. The second-order valence-electron chi connectivity index (χ2n) is 5.41. The van der Waals surface area contributed by atoms with Crippen molar-refractivity contribution in [3.63, 3.8) is 0 Å². The first-order valence-corrected chi connectivity index (χ1v) is 7.70. The number of hydrogen-bond donors (Lipinski definition) is 1. The van der Waals surface area contributed by atoms with Gasteiger partial charge in [0.25, 0.3) is 0 Å². The molecule has 0 bridgehead atoms. The van der Waals surface area contributed by atoms with E-state index in [0.29, 0.717) is 17.9 Å². The Morgan fingerprint density at radius 2 is 1.90 bits per heavy atom. The highest BCUT2D eigenvalue weighted by Gasteiger charge is 2.14. The van der Waals surface area contributed by atoms with Crippen molar-refractivity contribution in [1.82, 2.24) is 15.1 Å². The van der Waals surface area contributed by atoms with Crippen LogP contribution >= 0.6 is 0 Å². The average molecular weight is 295 g/mol. The number of hydrogen-bond acceptors (Lipinski definition) is 4. The highest BCUT2D eigenvalue weighted by Crippen LogP contribution is 2.16. The molecule has 21 heavy (non-hydrogen) atoms. The van der Waals surface area contributed by atoms with Crippen molar-refractivity contribution in [2.75, 3.05) is 52.9 Å². The van der Waals surface area contributed by atoms with Crippen LogP contribution in [0.25, 0.3) is 0 Å². The number of rotatable bonds is 7. The van der Waals surface area contributed by atoms with Gasteiger partial charge in [-0.15, -0.1) is 0 Å². The molecule has 0 amide bonds. The van der Waals surface area contributed by atoms with E-state index in [1.807, 2.05) is 0 Å². The minimum absolute atomic E-state index is 0.181. The molecule has 2 rings (SSSR count). The van der Waals surface area contributed by atoms with Crippen LogP contribution in [0.2, 0.25) is 0 Å². The molecule has 0 atom stereocenters. The Kier molecular flexibility index (Phi) is 6.42. The molecule has 0 aliphatic carbocycles. The predicted molar refractivity (Wildman–Crippen MR) is 83.2 cm³/mol. The molecule has 1 N–H and O–H groups in total. The van der Waals surface area contributed by atoms with E-state index in [4.69, 9.17) is 4.74 Å². The van der Waals surface area contributed by atoms with E-state index in [2.05, 4.69) is 22.0 Å². The Hall–Kier alpha value is -1.17. The Labute approximate surface area is 126 Å². The largest absolute Gasteiger partial charge is 0.497 e. The van der Waals surface area contributed by atoms with Crippen molar-refractivity contribution in [3.05, 3.63) is 29.6 Å². The maximum Gasteiger partial charge on any atom is 0.127 e. The summed E-state index contributed by atoms with van der Waals surface area (Å²) in [6.07, 6.45) is 0. The number of halogens is 1. The summed E-state index contributed by atoms with van der Waals surface area (Å²) in [7, 11) is 1.60. The average Bonchev–Trinajstić information content (AvgIpc) is 2.53. The van der Waals surface area contributed by atoms with Crippen LogP contribution in [-0.2, 0) is 6.54 Å². The van der Waals surface area contributed by atoms with Gasteiger partial charge in [-0.05, 0) is 24.7 Å². The molecule has 1 aliphatic heterocycles. The van der Waals surface area contributed by atoms with Gasteiger partial charge in [0.05, 0.1) is 7.11 Å². The molecule has 1 aromatic carbocycles. The molecular weight excluding hydrogens is 269 g/mol. The van der Waals surface area contributed by atoms with Gasteiger partial charge in [0, 0.05) is 51.4 Å². The van der Waals surface area contributed by atoms with E-state index in [9.17, 15) is 4.39 Å². The van der Waals surface area contributed by atoms with Crippen LogP contribution in [0, 0.1) is 5.82 Å². The van der Waals surface area contributed by atoms with E-state index >= 15 is 0 Å². The van der Waals surface area contributed by atoms with Crippen molar-refractivity contribution >= 4 is 0 Å². The predicted octanol–water partition coefficient (Wildman–Crippen LogP) is 1.56. The number of likely N-dealkylation sites (N-methyl/N-ethyl adjacent to an activating group) is 1. The lowest BCUT2D eigenvalue weighted by Crippen LogP contribution is -2.47. The smallest absolute Gasteiger partial charge is 0.127 e. The first-order chi connectivity index (χ1) is 10.2. The molecule has 0 unspecified atom stereocenters. The van der Waals surface area contributed by atoms with Crippen LogP contribution < -0.4 is 10.1 Å². The Morgan fingerprint density at radius 3 is 2.57 bits per heavy atom. The summed E-state index contributed by atoms with van der Waals surface area (Å²) in [5, 5.41) is 3.32. The quantitative estimate of drug-likeness (QED) is 0.773. The van der Waals surface area contributed by atoms with Crippen molar-refractivity contribution in [2.45, 2.75) is 13.5 Å². The van der Waals surface area contributed by atoms with Crippen LogP contribution in [0.5, 0.6) is 5.75 Å². The van der Waals surface area contributed by atoms with E-state index in [0.717, 1.165) is 45.8 Å². The zero-order valence-corrected chi connectivity index (χ0v) is 13.1. The fourth-order valence-electron chi connectivity index (χ4n) is 2.60. The molecule has 4 nitrogen and oxygen atoms in total. The zero-order valence-electron chi connectivity index (χ0n) is 13.1. The Morgan fingerprint density at radius 1 is 1.19 bits per heavy atom. The normalized spacial score (nSPS) is 17.1. The van der Waals surface area contributed by atoms with Gasteiger partial charge in [-0.3, -0.25) is 4.90 Å². The third-order valence-electron chi connectivity index (χ3n) is 4.09. The second-order valence-corrected chi connectivity index (χ2v) is 5.41. The molecule has 1 aliphatic rings. The molecule has 0 saturated carbocycles. The third kappa shape index (κ3) is 4.95. The monoisotopic (exact) mass is 295 g/mol. The molecule has 1 saturated heterocycles. The number of nitrogens with zero attached hydrogens (tertiary/aromatic N) is 2. The Bertz CT molecular complexity index is 434. The first kappa shape index (κ1) is 16.2. The lowest BCUT2D eigenvalue weighted by atomic mass is 10.2.